The Morgan fingerprint density at radius 2 is 1.80 bits per heavy atom. The first-order chi connectivity index (χ1) is 19.7. The van der Waals surface area contributed by atoms with Gasteiger partial charge in [-0.2, -0.15) is 5.10 Å². The third kappa shape index (κ3) is 4.70. The molecular weight excluding hydrogens is 500 g/mol. The van der Waals surface area contributed by atoms with Crippen LogP contribution in [0.15, 0.2) is 73.4 Å². The molecule has 0 aliphatic heterocycles. The number of aromatic amines is 2. The van der Waals surface area contributed by atoms with E-state index in [4.69, 9.17) is 4.98 Å². The van der Waals surface area contributed by atoms with Crippen LogP contribution in [0.4, 0.5) is 5.69 Å². The van der Waals surface area contributed by atoms with E-state index in [-0.39, 0.29) is 5.91 Å². The molecule has 0 saturated heterocycles. The zero-order chi connectivity index (χ0) is 26.9. The number of nitrogens with zero attached hydrogens (tertiary/aromatic N) is 5. The number of pyridine rings is 4. The summed E-state index contributed by atoms with van der Waals surface area (Å²) in [4.78, 5) is 34.1. The van der Waals surface area contributed by atoms with E-state index in [9.17, 15) is 4.79 Å². The van der Waals surface area contributed by atoms with Gasteiger partial charge in [-0.05, 0) is 72.4 Å². The molecule has 1 saturated carbocycles. The second-order valence-corrected chi connectivity index (χ2v) is 10.4. The lowest BCUT2D eigenvalue weighted by Gasteiger charge is -2.20. The topological polar surface area (TPSA) is 125 Å². The van der Waals surface area contributed by atoms with Crippen molar-refractivity contribution >= 4 is 33.7 Å². The largest absolute Gasteiger partial charge is 0.338 e. The number of rotatable bonds is 6. The molecule has 6 heterocycles. The minimum absolute atomic E-state index is 0.0462. The Morgan fingerprint density at radius 1 is 0.925 bits per heavy atom. The van der Waals surface area contributed by atoms with Crippen molar-refractivity contribution in [3.05, 3.63) is 73.4 Å². The maximum atomic E-state index is 12.7. The van der Waals surface area contributed by atoms with Crippen molar-refractivity contribution in [1.82, 2.24) is 35.1 Å². The molecule has 40 heavy (non-hydrogen) atoms. The summed E-state index contributed by atoms with van der Waals surface area (Å²) >= 11 is 0. The van der Waals surface area contributed by atoms with E-state index in [1.165, 1.54) is 19.3 Å². The summed E-state index contributed by atoms with van der Waals surface area (Å²) in [6, 6.07) is 13.9. The van der Waals surface area contributed by atoms with Gasteiger partial charge in [-0.15, -0.1) is 0 Å². The van der Waals surface area contributed by atoms with Crippen LogP contribution >= 0.6 is 0 Å². The Balaban J connectivity index is 1.19. The van der Waals surface area contributed by atoms with E-state index in [1.807, 2.05) is 36.4 Å². The summed E-state index contributed by atoms with van der Waals surface area (Å²) in [5.74, 6) is 0.527. The number of hydrogen-bond donors (Lipinski definition) is 3. The van der Waals surface area contributed by atoms with Crippen LogP contribution in [-0.4, -0.2) is 41.0 Å². The van der Waals surface area contributed by atoms with Crippen molar-refractivity contribution < 1.29 is 4.79 Å². The van der Waals surface area contributed by atoms with Crippen LogP contribution in [0.1, 0.15) is 38.5 Å². The molecule has 9 nitrogen and oxygen atoms in total. The molecule has 1 aliphatic rings. The summed E-state index contributed by atoms with van der Waals surface area (Å²) in [5.41, 5.74) is 8.25. The molecule has 1 fully saturated rings. The van der Waals surface area contributed by atoms with Crippen molar-refractivity contribution in [2.75, 3.05) is 5.32 Å². The quantitative estimate of drug-likeness (QED) is 0.226. The van der Waals surface area contributed by atoms with Gasteiger partial charge in [0.15, 0.2) is 0 Å². The molecule has 0 radical (unpaired) electrons. The SMILES string of the molecule is O=C(CC1CCCCC1)Nc1cncc(-c2ccc3[nH]nc(-c4cc5c(-c6ccncc6)ccnc5[nH]4)c3n2)c1. The van der Waals surface area contributed by atoms with Gasteiger partial charge in [0.2, 0.25) is 5.91 Å². The summed E-state index contributed by atoms with van der Waals surface area (Å²) in [6.45, 7) is 0. The average Bonchev–Trinajstić information content (AvgIpc) is 3.62. The first kappa shape index (κ1) is 24.1. The Hall–Kier alpha value is -4.92. The lowest BCUT2D eigenvalue weighted by molar-refractivity contribution is -0.117. The van der Waals surface area contributed by atoms with Gasteiger partial charge in [0, 0.05) is 42.2 Å². The molecule has 0 bridgehead atoms. The normalized spacial score (nSPS) is 14.1. The number of H-pyrrole nitrogens is 2. The monoisotopic (exact) mass is 528 g/mol. The van der Waals surface area contributed by atoms with Gasteiger partial charge in [-0.3, -0.25) is 19.9 Å². The smallest absolute Gasteiger partial charge is 0.224 e. The molecule has 0 unspecified atom stereocenters. The van der Waals surface area contributed by atoms with Crippen LogP contribution in [0.2, 0.25) is 0 Å². The predicted octanol–water partition coefficient (Wildman–Crippen LogP) is 6.53. The molecule has 6 aromatic rings. The zero-order valence-electron chi connectivity index (χ0n) is 21.9. The van der Waals surface area contributed by atoms with Crippen LogP contribution in [0.5, 0.6) is 0 Å². The molecule has 0 atom stereocenters. The van der Waals surface area contributed by atoms with Crippen molar-refractivity contribution in [2.24, 2.45) is 5.92 Å². The molecule has 9 heteroatoms. The number of fused-ring (bicyclic) bond motifs is 2. The van der Waals surface area contributed by atoms with Gasteiger partial charge in [0.25, 0.3) is 0 Å². The van der Waals surface area contributed by atoms with E-state index in [1.54, 1.807) is 31.0 Å². The number of anilines is 1. The zero-order valence-corrected chi connectivity index (χ0v) is 21.9. The predicted molar refractivity (Wildman–Crippen MR) is 155 cm³/mol. The lowest BCUT2D eigenvalue weighted by atomic mass is 9.87. The van der Waals surface area contributed by atoms with Crippen LogP contribution < -0.4 is 5.32 Å². The molecule has 0 spiro atoms. The number of carbonyl (C=O) groups excluding carboxylic acids is 1. The highest BCUT2D eigenvalue weighted by Crippen LogP contribution is 2.33. The van der Waals surface area contributed by atoms with Gasteiger partial charge in [0.1, 0.15) is 16.9 Å². The molecule has 7 rings (SSSR count). The number of hydrogen-bond acceptors (Lipinski definition) is 6. The number of carbonyl (C=O) groups is 1. The van der Waals surface area contributed by atoms with Gasteiger partial charge < -0.3 is 10.3 Å². The van der Waals surface area contributed by atoms with E-state index in [2.05, 4.69) is 41.5 Å². The highest BCUT2D eigenvalue weighted by atomic mass is 16.1. The molecule has 198 valence electrons. The second kappa shape index (κ2) is 10.3. The highest BCUT2D eigenvalue weighted by Gasteiger charge is 2.18. The van der Waals surface area contributed by atoms with Gasteiger partial charge in [0.05, 0.1) is 28.8 Å². The minimum Gasteiger partial charge on any atom is -0.338 e. The van der Waals surface area contributed by atoms with Crippen molar-refractivity contribution in [3.63, 3.8) is 0 Å². The first-order valence-corrected chi connectivity index (χ1v) is 13.7. The fourth-order valence-electron chi connectivity index (χ4n) is 5.70. The van der Waals surface area contributed by atoms with E-state index >= 15 is 0 Å². The fraction of sp³-hybridized carbons (Fsp3) is 0.226. The van der Waals surface area contributed by atoms with E-state index in [0.29, 0.717) is 23.7 Å². The Labute approximate surface area is 230 Å². The summed E-state index contributed by atoms with van der Waals surface area (Å²) in [7, 11) is 0. The standard InChI is InChI=1S/C31H28N8O/c40-28(14-19-4-2-1-3-5-19)35-22-15-21(17-33-18-22)25-6-7-26-29(36-25)30(39-38-26)27-16-24-23(10-13-34-31(24)37-27)20-8-11-32-12-9-20/h6-13,15-19H,1-5,14H2,(H,34,37)(H,35,40)(H,38,39). The average molecular weight is 529 g/mol. The van der Waals surface area contributed by atoms with Crippen LogP contribution in [0.3, 0.4) is 0 Å². The van der Waals surface area contributed by atoms with E-state index in [0.717, 1.165) is 63.0 Å². The van der Waals surface area contributed by atoms with E-state index < -0.39 is 0 Å². The second-order valence-electron chi connectivity index (χ2n) is 10.4. The van der Waals surface area contributed by atoms with Gasteiger partial charge in [-0.1, -0.05) is 19.3 Å². The van der Waals surface area contributed by atoms with Crippen LogP contribution in [-0.2, 0) is 4.79 Å². The van der Waals surface area contributed by atoms with Crippen molar-refractivity contribution in [3.8, 4) is 33.8 Å². The maximum Gasteiger partial charge on any atom is 0.224 e. The summed E-state index contributed by atoms with van der Waals surface area (Å²) < 4.78 is 0. The Kier molecular flexibility index (Phi) is 6.24. The number of nitrogens with one attached hydrogen (secondary N) is 3. The van der Waals surface area contributed by atoms with Crippen LogP contribution in [0.25, 0.3) is 55.8 Å². The third-order valence-corrected chi connectivity index (χ3v) is 7.70. The van der Waals surface area contributed by atoms with Crippen molar-refractivity contribution in [2.45, 2.75) is 38.5 Å². The molecule has 3 N–H and O–H groups in total. The fourth-order valence-corrected chi connectivity index (χ4v) is 5.70. The van der Waals surface area contributed by atoms with Crippen molar-refractivity contribution in [1.29, 1.82) is 0 Å². The molecule has 1 aliphatic carbocycles. The number of amides is 1. The molecule has 1 amide bonds. The summed E-state index contributed by atoms with van der Waals surface area (Å²) in [6.07, 6.45) is 15.4. The maximum absolute atomic E-state index is 12.7. The molecular formula is C31H28N8O. The Morgan fingerprint density at radius 3 is 2.67 bits per heavy atom. The minimum atomic E-state index is 0.0462. The molecule has 0 aromatic carbocycles. The van der Waals surface area contributed by atoms with Gasteiger partial charge >= 0.3 is 0 Å². The van der Waals surface area contributed by atoms with Crippen LogP contribution in [0, 0.1) is 5.92 Å². The number of aromatic nitrogens is 7. The first-order valence-electron chi connectivity index (χ1n) is 13.7. The summed E-state index contributed by atoms with van der Waals surface area (Å²) in [5, 5.41) is 11.7. The Bertz CT molecular complexity index is 1820. The van der Waals surface area contributed by atoms with Gasteiger partial charge in [-0.25, -0.2) is 9.97 Å². The highest BCUT2D eigenvalue weighted by molar-refractivity contribution is 5.99. The lowest BCUT2D eigenvalue weighted by Crippen LogP contribution is -2.18. The third-order valence-electron chi connectivity index (χ3n) is 7.70. The molecule has 6 aromatic heterocycles.